The highest BCUT2D eigenvalue weighted by Gasteiger charge is 2.12. The van der Waals surface area contributed by atoms with E-state index in [0.717, 1.165) is 11.3 Å². The monoisotopic (exact) mass is 245 g/mol. The Hall–Kier alpha value is -1.57. The van der Waals surface area contributed by atoms with Gasteiger partial charge in [0.05, 0.1) is 0 Å². The molecular formula is C16H23NO. The van der Waals surface area contributed by atoms with Crippen molar-refractivity contribution in [3.8, 4) is 0 Å². The largest absolute Gasteiger partial charge is 0.378 e. The second kappa shape index (κ2) is 6.39. The fraction of sp³-hybridized carbons (Fsp3) is 0.438. The third-order valence-corrected chi connectivity index (χ3v) is 2.87. The molecule has 1 aromatic carbocycles. The van der Waals surface area contributed by atoms with E-state index in [1.807, 2.05) is 56.3 Å². The van der Waals surface area contributed by atoms with Crippen LogP contribution in [0.3, 0.4) is 0 Å². The van der Waals surface area contributed by atoms with Gasteiger partial charge in [-0.3, -0.25) is 4.79 Å². The van der Waals surface area contributed by atoms with Gasteiger partial charge in [-0.15, -0.1) is 0 Å². The topological polar surface area (TPSA) is 20.3 Å². The van der Waals surface area contributed by atoms with Crippen molar-refractivity contribution in [1.82, 2.24) is 0 Å². The van der Waals surface area contributed by atoms with Crippen molar-refractivity contribution in [3.05, 3.63) is 42.0 Å². The number of hydrogen-bond donors (Lipinski definition) is 0. The number of ketones is 1. The average molecular weight is 245 g/mol. The van der Waals surface area contributed by atoms with E-state index in [2.05, 4.69) is 19.9 Å². The van der Waals surface area contributed by atoms with Crippen molar-refractivity contribution in [3.63, 3.8) is 0 Å². The summed E-state index contributed by atoms with van der Waals surface area (Å²) in [6.07, 6.45) is 4.07. The van der Waals surface area contributed by atoms with E-state index in [1.54, 1.807) is 0 Å². The smallest absolute Gasteiger partial charge is 0.169 e. The molecule has 0 aromatic heterocycles. The maximum absolute atomic E-state index is 12.2. The first-order valence-corrected chi connectivity index (χ1v) is 6.41. The van der Waals surface area contributed by atoms with Crippen molar-refractivity contribution in [1.29, 1.82) is 0 Å². The van der Waals surface area contributed by atoms with E-state index in [1.165, 1.54) is 0 Å². The fourth-order valence-corrected chi connectivity index (χ4v) is 1.66. The minimum atomic E-state index is -0.0578. The van der Waals surface area contributed by atoms with E-state index >= 15 is 0 Å². The maximum Gasteiger partial charge on any atom is 0.169 e. The van der Waals surface area contributed by atoms with Gasteiger partial charge in [-0.05, 0) is 30.2 Å². The summed E-state index contributed by atoms with van der Waals surface area (Å²) in [7, 11) is 3.98. The van der Waals surface area contributed by atoms with Crippen LogP contribution in [0.1, 0.15) is 31.1 Å². The molecule has 0 unspecified atom stereocenters. The molecule has 0 radical (unpaired) electrons. The van der Waals surface area contributed by atoms with Crippen LogP contribution in [0.25, 0.3) is 0 Å². The first-order chi connectivity index (χ1) is 8.41. The van der Waals surface area contributed by atoms with E-state index in [9.17, 15) is 4.79 Å². The predicted octanol–water partition coefficient (Wildman–Crippen LogP) is 3.78. The number of nitrogens with zero attached hydrogens (tertiary/aromatic N) is 1. The number of hydrogen-bond acceptors (Lipinski definition) is 2. The second-order valence-electron chi connectivity index (χ2n) is 5.22. The summed E-state index contributed by atoms with van der Waals surface area (Å²) >= 11 is 0. The standard InChI is InChI=1S/C16H23NO/c1-12(2)6-7-13(3)16(18)14-8-10-15(11-9-14)17(4)5/h6-13H,1-5H3/b7-6+/t13-/m0/s1. The molecule has 2 heteroatoms. The van der Waals surface area contributed by atoms with Gasteiger partial charge < -0.3 is 4.90 Å². The van der Waals surface area contributed by atoms with Crippen LogP contribution in [-0.4, -0.2) is 19.9 Å². The first kappa shape index (κ1) is 14.5. The number of anilines is 1. The van der Waals surface area contributed by atoms with Crippen LogP contribution in [0.2, 0.25) is 0 Å². The number of benzene rings is 1. The highest BCUT2D eigenvalue weighted by Crippen LogP contribution is 2.16. The lowest BCUT2D eigenvalue weighted by Gasteiger charge is -2.13. The van der Waals surface area contributed by atoms with Gasteiger partial charge in [0.1, 0.15) is 0 Å². The third-order valence-electron chi connectivity index (χ3n) is 2.87. The van der Waals surface area contributed by atoms with Crippen molar-refractivity contribution in [2.24, 2.45) is 11.8 Å². The Morgan fingerprint density at radius 2 is 1.61 bits per heavy atom. The lowest BCUT2D eigenvalue weighted by atomic mass is 9.97. The Morgan fingerprint density at radius 1 is 1.06 bits per heavy atom. The minimum absolute atomic E-state index is 0.0578. The SMILES string of the molecule is CC(C)/C=C/[C@H](C)C(=O)c1ccc(N(C)C)cc1. The molecule has 0 amide bonds. The van der Waals surface area contributed by atoms with Crippen molar-refractivity contribution < 1.29 is 4.79 Å². The van der Waals surface area contributed by atoms with Crippen LogP contribution < -0.4 is 4.90 Å². The van der Waals surface area contributed by atoms with Crippen LogP contribution in [-0.2, 0) is 0 Å². The van der Waals surface area contributed by atoms with Crippen molar-refractivity contribution in [2.75, 3.05) is 19.0 Å². The lowest BCUT2D eigenvalue weighted by Crippen LogP contribution is -2.11. The molecule has 0 aliphatic carbocycles. The molecule has 0 aliphatic rings. The van der Waals surface area contributed by atoms with Gasteiger partial charge in [-0.1, -0.05) is 32.9 Å². The molecule has 0 heterocycles. The molecular weight excluding hydrogens is 222 g/mol. The quantitative estimate of drug-likeness (QED) is 0.581. The summed E-state index contributed by atoms with van der Waals surface area (Å²) in [4.78, 5) is 14.2. The van der Waals surface area contributed by atoms with Crippen molar-refractivity contribution >= 4 is 11.5 Å². The number of carbonyl (C=O) groups is 1. The Kier molecular flexibility index (Phi) is 5.14. The first-order valence-electron chi connectivity index (χ1n) is 6.41. The molecule has 0 spiro atoms. The van der Waals surface area contributed by atoms with Crippen LogP contribution in [0, 0.1) is 11.8 Å². The zero-order chi connectivity index (χ0) is 13.7. The molecule has 18 heavy (non-hydrogen) atoms. The zero-order valence-corrected chi connectivity index (χ0v) is 12.0. The van der Waals surface area contributed by atoms with Gasteiger partial charge >= 0.3 is 0 Å². The highest BCUT2D eigenvalue weighted by atomic mass is 16.1. The summed E-state index contributed by atoms with van der Waals surface area (Å²) in [5.41, 5.74) is 1.89. The average Bonchev–Trinajstić information content (AvgIpc) is 2.35. The van der Waals surface area contributed by atoms with Gasteiger partial charge in [0, 0.05) is 31.3 Å². The van der Waals surface area contributed by atoms with Gasteiger partial charge in [0.25, 0.3) is 0 Å². The Balaban J connectivity index is 2.78. The Labute approximate surface area is 110 Å². The number of Topliss-reactive ketones (excluding diaryl/α,β-unsaturated/α-hetero) is 1. The molecule has 0 fully saturated rings. The summed E-state index contributed by atoms with van der Waals surface area (Å²) in [6, 6.07) is 7.76. The van der Waals surface area contributed by atoms with Crippen LogP contribution in [0.5, 0.6) is 0 Å². The molecule has 98 valence electrons. The van der Waals surface area contributed by atoms with E-state index in [4.69, 9.17) is 0 Å². The molecule has 0 bridgehead atoms. The van der Waals surface area contributed by atoms with Gasteiger partial charge in [0.15, 0.2) is 5.78 Å². The summed E-state index contributed by atoms with van der Waals surface area (Å²) in [5, 5.41) is 0. The molecule has 1 atom stereocenters. The fourth-order valence-electron chi connectivity index (χ4n) is 1.66. The minimum Gasteiger partial charge on any atom is -0.378 e. The van der Waals surface area contributed by atoms with Crippen LogP contribution in [0.4, 0.5) is 5.69 Å². The van der Waals surface area contributed by atoms with Gasteiger partial charge in [-0.2, -0.15) is 0 Å². The number of rotatable bonds is 5. The molecule has 2 nitrogen and oxygen atoms in total. The third kappa shape index (κ3) is 4.02. The molecule has 0 N–H and O–H groups in total. The molecule has 0 aliphatic heterocycles. The van der Waals surface area contributed by atoms with E-state index in [-0.39, 0.29) is 11.7 Å². The Bertz CT molecular complexity index is 415. The number of allylic oxidation sites excluding steroid dienone is 2. The van der Waals surface area contributed by atoms with Crippen LogP contribution in [0.15, 0.2) is 36.4 Å². The highest BCUT2D eigenvalue weighted by molar-refractivity contribution is 5.98. The predicted molar refractivity (Wildman–Crippen MR) is 78.2 cm³/mol. The summed E-state index contributed by atoms with van der Waals surface area (Å²) in [6.45, 7) is 6.17. The van der Waals surface area contributed by atoms with E-state index < -0.39 is 0 Å². The second-order valence-corrected chi connectivity index (χ2v) is 5.22. The maximum atomic E-state index is 12.2. The lowest BCUT2D eigenvalue weighted by molar-refractivity contribution is 0.0953. The molecule has 1 rings (SSSR count). The molecule has 0 saturated heterocycles. The molecule has 0 saturated carbocycles. The summed E-state index contributed by atoms with van der Waals surface area (Å²) < 4.78 is 0. The normalized spacial score (nSPS) is 13.0. The van der Waals surface area contributed by atoms with Crippen LogP contribution >= 0.6 is 0 Å². The van der Waals surface area contributed by atoms with E-state index in [0.29, 0.717) is 5.92 Å². The van der Waals surface area contributed by atoms with Crippen molar-refractivity contribution in [2.45, 2.75) is 20.8 Å². The summed E-state index contributed by atoms with van der Waals surface area (Å²) in [5.74, 6) is 0.603. The number of carbonyl (C=O) groups excluding carboxylic acids is 1. The van der Waals surface area contributed by atoms with Gasteiger partial charge in [-0.25, -0.2) is 0 Å². The van der Waals surface area contributed by atoms with Gasteiger partial charge in [0.2, 0.25) is 0 Å². The zero-order valence-electron chi connectivity index (χ0n) is 12.0. The molecule has 1 aromatic rings. The Morgan fingerprint density at radius 3 is 2.06 bits per heavy atom.